The number of nitrogens with one attached hydrogen (secondary N) is 2. The summed E-state index contributed by atoms with van der Waals surface area (Å²) in [7, 11) is 0. The summed E-state index contributed by atoms with van der Waals surface area (Å²) in [6, 6.07) is 6.24. The average molecular weight is 437 g/mol. The lowest BCUT2D eigenvalue weighted by Crippen LogP contribution is -2.46. The van der Waals surface area contributed by atoms with E-state index in [2.05, 4.69) is 10.6 Å². The molecule has 2 heterocycles. The molecule has 3 N–H and O–H groups in total. The summed E-state index contributed by atoms with van der Waals surface area (Å²) in [6.07, 6.45) is 0. The molecule has 1 unspecified atom stereocenters. The van der Waals surface area contributed by atoms with Crippen LogP contribution in [0.25, 0.3) is 0 Å². The van der Waals surface area contributed by atoms with Crippen LogP contribution in [0.4, 0.5) is 4.79 Å². The molecular formula is C19H17ClN2O6S. The molecule has 29 heavy (non-hydrogen) atoms. The van der Waals surface area contributed by atoms with E-state index >= 15 is 0 Å². The Hall–Kier alpha value is -3.04. The van der Waals surface area contributed by atoms with Gasteiger partial charge in [0.2, 0.25) is 0 Å². The second-order valence-electron chi connectivity index (χ2n) is 5.90. The van der Waals surface area contributed by atoms with Crippen molar-refractivity contribution < 1.29 is 29.0 Å². The maximum Gasteiger partial charge on any atom is 0.342 e. The summed E-state index contributed by atoms with van der Waals surface area (Å²) in [5.41, 5.74) is 0.150. The Bertz CT molecular complexity index is 973. The first-order valence-electron chi connectivity index (χ1n) is 8.57. The molecule has 1 aromatic heterocycles. The maximum absolute atomic E-state index is 12.6. The maximum atomic E-state index is 12.6. The van der Waals surface area contributed by atoms with Gasteiger partial charge in [0, 0.05) is 9.90 Å². The van der Waals surface area contributed by atoms with Crippen molar-refractivity contribution in [2.24, 2.45) is 0 Å². The molecule has 3 rings (SSSR count). The average Bonchev–Trinajstić information content (AvgIpc) is 3.20. The van der Waals surface area contributed by atoms with Crippen molar-refractivity contribution in [1.29, 1.82) is 0 Å². The molecule has 0 aliphatic carbocycles. The van der Waals surface area contributed by atoms with Gasteiger partial charge in [0.05, 0.1) is 23.9 Å². The molecule has 0 spiro atoms. The zero-order chi connectivity index (χ0) is 21.0. The van der Waals surface area contributed by atoms with Crippen LogP contribution in [0.5, 0.6) is 5.75 Å². The van der Waals surface area contributed by atoms with E-state index in [1.807, 2.05) is 5.38 Å². The first-order valence-corrected chi connectivity index (χ1v) is 9.83. The van der Waals surface area contributed by atoms with Gasteiger partial charge >= 0.3 is 18.0 Å². The van der Waals surface area contributed by atoms with Gasteiger partial charge in [-0.25, -0.2) is 14.4 Å². The van der Waals surface area contributed by atoms with Crippen molar-refractivity contribution in [2.75, 3.05) is 13.2 Å². The summed E-state index contributed by atoms with van der Waals surface area (Å²) < 4.78 is 10.3. The number of hydrogen-bond acceptors (Lipinski definition) is 7. The van der Waals surface area contributed by atoms with Crippen molar-refractivity contribution in [2.45, 2.75) is 13.0 Å². The Morgan fingerprint density at radius 3 is 2.69 bits per heavy atom. The van der Waals surface area contributed by atoms with Crippen LogP contribution in [0.15, 0.2) is 47.0 Å². The number of amides is 2. The van der Waals surface area contributed by atoms with Crippen LogP contribution in [-0.2, 0) is 14.3 Å². The minimum Gasteiger partial charge on any atom is -0.507 e. The molecule has 2 amide bonds. The van der Waals surface area contributed by atoms with Crippen molar-refractivity contribution in [3.63, 3.8) is 0 Å². The van der Waals surface area contributed by atoms with Crippen molar-refractivity contribution in [3.05, 3.63) is 62.4 Å². The Morgan fingerprint density at radius 2 is 2.03 bits per heavy atom. The zero-order valence-corrected chi connectivity index (χ0v) is 16.8. The summed E-state index contributed by atoms with van der Waals surface area (Å²) in [4.78, 5) is 37.7. The van der Waals surface area contributed by atoms with Crippen LogP contribution in [0, 0.1) is 0 Å². The molecule has 2 aromatic rings. The number of carbonyl (C=O) groups is 3. The van der Waals surface area contributed by atoms with Gasteiger partial charge in [-0.2, -0.15) is 0 Å². The van der Waals surface area contributed by atoms with Gasteiger partial charge in [-0.3, -0.25) is 0 Å². The smallest absolute Gasteiger partial charge is 0.342 e. The predicted molar refractivity (Wildman–Crippen MR) is 106 cm³/mol. The summed E-state index contributed by atoms with van der Waals surface area (Å²) in [5, 5.41) is 17.1. The molecule has 8 nitrogen and oxygen atoms in total. The Labute approximate surface area is 175 Å². The topological polar surface area (TPSA) is 114 Å². The van der Waals surface area contributed by atoms with E-state index in [0.29, 0.717) is 0 Å². The van der Waals surface area contributed by atoms with Gasteiger partial charge < -0.3 is 25.2 Å². The van der Waals surface area contributed by atoms with Crippen LogP contribution in [0.1, 0.15) is 28.2 Å². The fourth-order valence-electron chi connectivity index (χ4n) is 2.74. The van der Waals surface area contributed by atoms with Gasteiger partial charge in [0.15, 0.2) is 0 Å². The van der Waals surface area contributed by atoms with E-state index in [4.69, 9.17) is 21.1 Å². The molecule has 1 atom stereocenters. The fourth-order valence-corrected chi connectivity index (χ4v) is 3.69. The molecule has 0 bridgehead atoms. The number of carbonyl (C=O) groups excluding carboxylic acids is 3. The molecule has 0 fully saturated rings. The summed E-state index contributed by atoms with van der Waals surface area (Å²) in [6.45, 7) is 1.40. The zero-order valence-electron chi connectivity index (χ0n) is 15.2. The van der Waals surface area contributed by atoms with Gasteiger partial charge in [0.1, 0.15) is 17.9 Å². The van der Waals surface area contributed by atoms with Gasteiger partial charge in [0.25, 0.3) is 0 Å². The van der Waals surface area contributed by atoms with E-state index in [1.54, 1.807) is 19.1 Å². The number of rotatable bonds is 6. The lowest BCUT2D eigenvalue weighted by Gasteiger charge is -2.28. The minimum absolute atomic E-state index is 0.0947. The number of thiophene rings is 1. The third-order valence-electron chi connectivity index (χ3n) is 4.00. The number of esters is 2. The number of urea groups is 1. The van der Waals surface area contributed by atoms with E-state index in [-0.39, 0.29) is 34.2 Å². The molecule has 0 saturated carbocycles. The van der Waals surface area contributed by atoms with Gasteiger partial charge in [-0.05, 0) is 36.6 Å². The van der Waals surface area contributed by atoms with Crippen LogP contribution < -0.4 is 10.6 Å². The minimum atomic E-state index is -0.838. The fraction of sp³-hybridized carbons (Fsp3) is 0.211. The highest BCUT2D eigenvalue weighted by Crippen LogP contribution is 2.31. The molecular weight excluding hydrogens is 420 g/mol. The SMILES string of the molecule is CCOC(=O)C1=C(COC(=O)c2ccc(Cl)cc2O)NC(=O)NC1c1cccs1. The third kappa shape index (κ3) is 4.69. The molecule has 1 aliphatic heterocycles. The lowest BCUT2D eigenvalue weighted by molar-refractivity contribution is -0.139. The molecule has 1 aromatic carbocycles. The quantitative estimate of drug-likeness (QED) is 0.599. The van der Waals surface area contributed by atoms with E-state index in [0.717, 1.165) is 4.88 Å². The van der Waals surface area contributed by atoms with Crippen molar-refractivity contribution >= 4 is 40.9 Å². The van der Waals surface area contributed by atoms with E-state index < -0.39 is 30.6 Å². The van der Waals surface area contributed by atoms with Crippen LogP contribution in [0.2, 0.25) is 5.02 Å². The molecule has 0 radical (unpaired) electrons. The molecule has 1 aliphatic rings. The Morgan fingerprint density at radius 1 is 1.24 bits per heavy atom. The van der Waals surface area contributed by atoms with Crippen molar-refractivity contribution in [3.8, 4) is 5.75 Å². The van der Waals surface area contributed by atoms with Crippen LogP contribution >= 0.6 is 22.9 Å². The highest BCUT2D eigenvalue weighted by Gasteiger charge is 2.34. The predicted octanol–water partition coefficient (Wildman–Crippen LogP) is 3.14. The van der Waals surface area contributed by atoms with Gasteiger partial charge in [-0.1, -0.05) is 17.7 Å². The molecule has 10 heteroatoms. The van der Waals surface area contributed by atoms with Crippen LogP contribution in [-0.4, -0.2) is 36.3 Å². The van der Waals surface area contributed by atoms with Gasteiger partial charge in [-0.15, -0.1) is 11.3 Å². The number of halogens is 1. The number of benzene rings is 1. The molecule has 0 saturated heterocycles. The normalized spacial score (nSPS) is 16.1. The van der Waals surface area contributed by atoms with E-state index in [9.17, 15) is 19.5 Å². The number of hydrogen-bond donors (Lipinski definition) is 3. The highest BCUT2D eigenvalue weighted by atomic mass is 35.5. The number of phenolic OH excluding ortho intramolecular Hbond substituents is 1. The monoisotopic (exact) mass is 436 g/mol. The van der Waals surface area contributed by atoms with E-state index in [1.165, 1.54) is 29.5 Å². The number of phenols is 1. The standard InChI is InChI=1S/C19H17ClN2O6S/c1-2-27-18(25)15-12(21-19(26)22-16(15)14-4-3-7-29-14)9-28-17(24)11-6-5-10(20)8-13(11)23/h3-8,16,23H,2,9H2,1H3,(H2,21,22,26). The third-order valence-corrected chi connectivity index (χ3v) is 5.18. The number of ether oxygens (including phenoxy) is 2. The van der Waals surface area contributed by atoms with Crippen molar-refractivity contribution in [1.82, 2.24) is 10.6 Å². The summed E-state index contributed by atoms with van der Waals surface area (Å²) >= 11 is 7.12. The molecule has 152 valence electrons. The Kier molecular flexibility index (Phi) is 6.40. The second kappa shape index (κ2) is 8.97. The first kappa shape index (κ1) is 20.7. The number of aromatic hydroxyl groups is 1. The highest BCUT2D eigenvalue weighted by molar-refractivity contribution is 7.10. The van der Waals surface area contributed by atoms with Crippen LogP contribution in [0.3, 0.4) is 0 Å². The first-order chi connectivity index (χ1) is 13.9. The lowest BCUT2D eigenvalue weighted by atomic mass is 10.0. The second-order valence-corrected chi connectivity index (χ2v) is 7.31. The summed E-state index contributed by atoms with van der Waals surface area (Å²) in [5.74, 6) is -1.82. The Balaban J connectivity index is 1.89. The largest absolute Gasteiger partial charge is 0.507 e.